The molecule has 5 nitrogen and oxygen atoms in total. The van der Waals surface area contributed by atoms with Crippen LogP contribution in [0.3, 0.4) is 0 Å². The topological polar surface area (TPSA) is 69.4 Å². The Hall–Kier alpha value is -3.64. The standard InChI is InChI=1S/C27H23NO4S/c1-27(2,3)19-14-12-18(13-15-19)26(29)32-23-16-17-24(21-9-5-4-8-20(21)23)33-25-11-7-6-10-22(25)28(30)31/h4-17H,1-3H3. The van der Waals surface area contributed by atoms with Crippen molar-refractivity contribution in [3.8, 4) is 5.75 Å². The maximum atomic E-state index is 12.8. The van der Waals surface area contributed by atoms with Gasteiger partial charge in [0.05, 0.1) is 15.4 Å². The predicted octanol–water partition coefficient (Wildman–Crippen LogP) is 7.42. The first-order chi connectivity index (χ1) is 15.7. The minimum atomic E-state index is -0.431. The SMILES string of the molecule is CC(C)(C)c1ccc(C(=O)Oc2ccc(Sc3ccccc3[N+](=O)[O-])c3ccccc23)cc1. The van der Waals surface area contributed by atoms with E-state index in [0.29, 0.717) is 16.2 Å². The van der Waals surface area contributed by atoms with Gasteiger partial charge in [0.15, 0.2) is 0 Å². The maximum Gasteiger partial charge on any atom is 0.343 e. The Labute approximate surface area is 196 Å². The summed E-state index contributed by atoms with van der Waals surface area (Å²) in [6, 6.07) is 25.2. The molecule has 0 aliphatic rings. The number of nitro groups is 1. The maximum absolute atomic E-state index is 12.8. The smallest absolute Gasteiger partial charge is 0.343 e. The summed E-state index contributed by atoms with van der Waals surface area (Å²) in [7, 11) is 0. The number of benzene rings is 4. The fourth-order valence-electron chi connectivity index (χ4n) is 3.50. The number of ether oxygens (including phenoxy) is 1. The zero-order valence-corrected chi connectivity index (χ0v) is 19.4. The number of carbonyl (C=O) groups excluding carboxylic acids is 1. The minimum Gasteiger partial charge on any atom is -0.422 e. The van der Waals surface area contributed by atoms with Crippen molar-refractivity contribution in [1.29, 1.82) is 0 Å². The molecule has 6 heteroatoms. The van der Waals surface area contributed by atoms with Crippen molar-refractivity contribution in [1.82, 2.24) is 0 Å². The monoisotopic (exact) mass is 457 g/mol. The normalized spacial score (nSPS) is 11.4. The molecular weight excluding hydrogens is 434 g/mol. The molecule has 0 saturated heterocycles. The lowest BCUT2D eigenvalue weighted by Gasteiger charge is -2.19. The van der Waals surface area contributed by atoms with Gasteiger partial charge in [-0.15, -0.1) is 0 Å². The van der Waals surface area contributed by atoms with E-state index in [1.165, 1.54) is 17.8 Å². The second-order valence-corrected chi connectivity index (χ2v) is 9.73. The van der Waals surface area contributed by atoms with Crippen molar-refractivity contribution < 1.29 is 14.5 Å². The molecule has 0 fully saturated rings. The van der Waals surface area contributed by atoms with Crippen LogP contribution in [0.2, 0.25) is 0 Å². The number of fused-ring (bicyclic) bond motifs is 1. The molecule has 0 unspecified atom stereocenters. The fraction of sp³-hybridized carbons (Fsp3) is 0.148. The van der Waals surface area contributed by atoms with E-state index in [9.17, 15) is 14.9 Å². The molecule has 0 N–H and O–H groups in total. The Kier molecular flexibility index (Phi) is 6.20. The molecule has 0 aromatic heterocycles. The van der Waals surface area contributed by atoms with Gasteiger partial charge >= 0.3 is 5.97 Å². The Morgan fingerprint density at radius 1 is 0.818 bits per heavy atom. The van der Waals surface area contributed by atoms with Crippen molar-refractivity contribution in [3.63, 3.8) is 0 Å². The number of hydrogen-bond donors (Lipinski definition) is 0. The van der Waals surface area contributed by atoms with Crippen LogP contribution in [0.25, 0.3) is 10.8 Å². The van der Waals surface area contributed by atoms with Gasteiger partial charge in [-0.3, -0.25) is 10.1 Å². The molecular formula is C27H23NO4S. The Morgan fingerprint density at radius 3 is 2.12 bits per heavy atom. The van der Waals surface area contributed by atoms with Crippen molar-refractivity contribution in [2.75, 3.05) is 0 Å². The van der Waals surface area contributed by atoms with Gasteiger partial charge in [0.25, 0.3) is 5.69 Å². The molecule has 0 bridgehead atoms. The first kappa shape index (κ1) is 22.6. The molecule has 0 heterocycles. The van der Waals surface area contributed by atoms with Crippen molar-refractivity contribution >= 4 is 34.2 Å². The van der Waals surface area contributed by atoms with Crippen LogP contribution in [-0.4, -0.2) is 10.9 Å². The largest absolute Gasteiger partial charge is 0.422 e. The summed E-state index contributed by atoms with van der Waals surface area (Å²) < 4.78 is 5.75. The quantitative estimate of drug-likeness (QED) is 0.135. The van der Waals surface area contributed by atoms with E-state index in [2.05, 4.69) is 20.8 Å². The first-order valence-electron chi connectivity index (χ1n) is 10.5. The predicted molar refractivity (Wildman–Crippen MR) is 131 cm³/mol. The average Bonchev–Trinajstić information content (AvgIpc) is 2.80. The van der Waals surface area contributed by atoms with E-state index in [0.717, 1.165) is 21.2 Å². The summed E-state index contributed by atoms with van der Waals surface area (Å²) >= 11 is 1.32. The zero-order valence-electron chi connectivity index (χ0n) is 18.6. The van der Waals surface area contributed by atoms with E-state index in [1.807, 2.05) is 42.5 Å². The highest BCUT2D eigenvalue weighted by atomic mass is 32.2. The average molecular weight is 458 g/mol. The molecule has 4 aromatic rings. The van der Waals surface area contributed by atoms with Gasteiger partial charge in [-0.05, 0) is 46.7 Å². The van der Waals surface area contributed by atoms with Gasteiger partial charge in [-0.25, -0.2) is 4.79 Å². The number of esters is 1. The van der Waals surface area contributed by atoms with Gasteiger partial charge in [0.2, 0.25) is 0 Å². The molecule has 4 aromatic carbocycles. The third-order valence-corrected chi connectivity index (χ3v) is 6.46. The minimum absolute atomic E-state index is 0.0000387. The van der Waals surface area contributed by atoms with Gasteiger partial charge < -0.3 is 4.74 Å². The number of hydrogen-bond acceptors (Lipinski definition) is 5. The molecule has 0 aliphatic heterocycles. The van der Waals surface area contributed by atoms with Crippen LogP contribution < -0.4 is 4.74 Å². The van der Waals surface area contributed by atoms with E-state index in [-0.39, 0.29) is 16.0 Å². The summed E-state index contributed by atoms with van der Waals surface area (Å²) in [6.07, 6.45) is 0. The zero-order chi connectivity index (χ0) is 23.6. The number of para-hydroxylation sites is 1. The number of nitro benzene ring substituents is 1. The van der Waals surface area contributed by atoms with Crippen molar-refractivity contribution in [3.05, 3.63) is 106 Å². The molecule has 166 valence electrons. The molecule has 4 rings (SSSR count). The summed E-state index contributed by atoms with van der Waals surface area (Å²) in [5.74, 6) is 0.0159. The third kappa shape index (κ3) is 4.91. The van der Waals surface area contributed by atoms with E-state index >= 15 is 0 Å². The number of nitrogens with zero attached hydrogens (tertiary/aromatic N) is 1. The van der Waals surface area contributed by atoms with Crippen LogP contribution >= 0.6 is 11.8 Å². The highest BCUT2D eigenvalue weighted by Crippen LogP contribution is 2.40. The van der Waals surface area contributed by atoms with Crippen LogP contribution in [0.15, 0.2) is 94.7 Å². The highest BCUT2D eigenvalue weighted by molar-refractivity contribution is 7.99. The van der Waals surface area contributed by atoms with E-state index in [1.54, 1.807) is 36.4 Å². The highest BCUT2D eigenvalue weighted by Gasteiger charge is 2.18. The van der Waals surface area contributed by atoms with E-state index < -0.39 is 5.97 Å². The molecule has 0 atom stereocenters. The van der Waals surface area contributed by atoms with Crippen LogP contribution in [0, 0.1) is 10.1 Å². The molecule has 0 spiro atoms. The lowest BCUT2D eigenvalue weighted by Crippen LogP contribution is -2.13. The molecule has 0 saturated carbocycles. The number of rotatable bonds is 5. The van der Waals surface area contributed by atoms with Crippen LogP contribution in [-0.2, 0) is 5.41 Å². The van der Waals surface area contributed by atoms with Crippen molar-refractivity contribution in [2.45, 2.75) is 36.0 Å². The van der Waals surface area contributed by atoms with Crippen LogP contribution in [0.5, 0.6) is 5.75 Å². The lowest BCUT2D eigenvalue weighted by molar-refractivity contribution is -0.387. The van der Waals surface area contributed by atoms with Crippen LogP contribution in [0.1, 0.15) is 36.7 Å². The Balaban J connectivity index is 1.64. The van der Waals surface area contributed by atoms with Gasteiger partial charge in [-0.2, -0.15) is 0 Å². The summed E-state index contributed by atoms with van der Waals surface area (Å²) in [4.78, 5) is 25.2. The third-order valence-electron chi connectivity index (χ3n) is 5.32. The molecule has 0 aliphatic carbocycles. The van der Waals surface area contributed by atoms with Crippen molar-refractivity contribution in [2.24, 2.45) is 0 Å². The molecule has 0 radical (unpaired) electrons. The number of carbonyl (C=O) groups is 1. The summed E-state index contributed by atoms with van der Waals surface area (Å²) in [5.41, 5.74) is 1.67. The summed E-state index contributed by atoms with van der Waals surface area (Å²) in [6.45, 7) is 6.36. The fourth-order valence-corrected chi connectivity index (χ4v) is 4.55. The van der Waals surface area contributed by atoms with Gasteiger partial charge in [0.1, 0.15) is 5.75 Å². The van der Waals surface area contributed by atoms with Gasteiger partial charge in [-0.1, -0.05) is 81.1 Å². The van der Waals surface area contributed by atoms with E-state index in [4.69, 9.17) is 4.74 Å². The second-order valence-electron chi connectivity index (χ2n) is 8.65. The molecule has 33 heavy (non-hydrogen) atoms. The summed E-state index contributed by atoms with van der Waals surface area (Å²) in [5, 5.41) is 13.0. The first-order valence-corrected chi connectivity index (χ1v) is 11.3. The Bertz CT molecular complexity index is 1340. The second kappa shape index (κ2) is 9.08. The Morgan fingerprint density at radius 2 is 1.45 bits per heavy atom. The van der Waals surface area contributed by atoms with Crippen LogP contribution in [0.4, 0.5) is 5.69 Å². The molecule has 0 amide bonds. The van der Waals surface area contributed by atoms with Gasteiger partial charge in [0, 0.05) is 16.3 Å². The lowest BCUT2D eigenvalue weighted by atomic mass is 9.87.